The van der Waals surface area contributed by atoms with E-state index in [0.29, 0.717) is 5.92 Å². The van der Waals surface area contributed by atoms with E-state index in [1.807, 2.05) is 18.2 Å². The Hall–Kier alpha value is -1.31. The summed E-state index contributed by atoms with van der Waals surface area (Å²) in [6, 6.07) is 8.13. The van der Waals surface area contributed by atoms with E-state index in [0.717, 1.165) is 30.4 Å². The molecule has 0 unspecified atom stereocenters. The third kappa shape index (κ3) is 2.68. The molecule has 1 aromatic carbocycles. The van der Waals surface area contributed by atoms with E-state index in [2.05, 4.69) is 18.3 Å². The van der Waals surface area contributed by atoms with Crippen molar-refractivity contribution in [3.8, 4) is 0 Å². The summed E-state index contributed by atoms with van der Waals surface area (Å²) >= 11 is 0. The van der Waals surface area contributed by atoms with E-state index >= 15 is 0 Å². The number of hydrogen-bond acceptors (Lipinski definition) is 1. The Morgan fingerprint density at radius 1 is 1.26 bits per heavy atom. The summed E-state index contributed by atoms with van der Waals surface area (Å²) in [5, 5.41) is 3.11. The second-order valence-electron chi connectivity index (χ2n) is 6.20. The number of amides is 1. The third-order valence-electron chi connectivity index (χ3n) is 5.00. The molecule has 0 spiro atoms. The summed E-state index contributed by atoms with van der Waals surface area (Å²) in [6.07, 6.45) is 7.11. The summed E-state index contributed by atoms with van der Waals surface area (Å²) in [7, 11) is 0. The van der Waals surface area contributed by atoms with Crippen LogP contribution in [0.5, 0.6) is 0 Å². The van der Waals surface area contributed by atoms with E-state index in [1.165, 1.54) is 31.2 Å². The van der Waals surface area contributed by atoms with Gasteiger partial charge in [0.25, 0.3) is 0 Å². The molecule has 2 aliphatic rings. The number of aryl methyl sites for hydroxylation is 1. The van der Waals surface area contributed by atoms with Crippen molar-refractivity contribution in [1.82, 2.24) is 0 Å². The Kier molecular flexibility index (Phi) is 3.58. The molecule has 102 valence electrons. The predicted octanol–water partition coefficient (Wildman–Crippen LogP) is 4.01. The molecule has 19 heavy (non-hydrogen) atoms. The molecule has 2 nitrogen and oxygen atoms in total. The Bertz CT molecular complexity index is 468. The summed E-state index contributed by atoms with van der Waals surface area (Å²) < 4.78 is 0. The number of anilines is 1. The van der Waals surface area contributed by atoms with Crippen LogP contribution in [0.25, 0.3) is 0 Å². The van der Waals surface area contributed by atoms with E-state index in [4.69, 9.17) is 0 Å². The molecular weight excluding hydrogens is 234 g/mol. The molecule has 2 aliphatic carbocycles. The summed E-state index contributed by atoms with van der Waals surface area (Å²) in [6.45, 7) is 2.13. The zero-order valence-electron chi connectivity index (χ0n) is 11.7. The van der Waals surface area contributed by atoms with Crippen molar-refractivity contribution in [2.75, 3.05) is 5.32 Å². The largest absolute Gasteiger partial charge is 0.326 e. The monoisotopic (exact) mass is 257 g/mol. The van der Waals surface area contributed by atoms with Crippen LogP contribution < -0.4 is 5.32 Å². The normalized spacial score (nSPS) is 28.6. The first-order valence-corrected chi connectivity index (χ1v) is 7.64. The molecule has 2 fully saturated rings. The summed E-state index contributed by atoms with van der Waals surface area (Å²) in [4.78, 5) is 12.2. The second-order valence-corrected chi connectivity index (χ2v) is 6.20. The molecule has 0 aliphatic heterocycles. The third-order valence-corrected chi connectivity index (χ3v) is 5.00. The summed E-state index contributed by atoms with van der Waals surface area (Å²) in [5.74, 6) is 2.61. The van der Waals surface area contributed by atoms with Crippen LogP contribution in [-0.2, 0) is 11.2 Å². The van der Waals surface area contributed by atoms with Crippen LogP contribution in [0.1, 0.15) is 44.6 Å². The van der Waals surface area contributed by atoms with Crippen molar-refractivity contribution in [2.24, 2.45) is 17.8 Å². The molecule has 2 saturated carbocycles. The van der Waals surface area contributed by atoms with Gasteiger partial charge in [-0.3, -0.25) is 4.79 Å². The standard InChI is InChI=1S/C17H23NO/c1-2-13-5-3-4-6-16(13)18-17(19)11-15-10-12-7-8-14(15)9-12/h3-6,12,14-15H,2,7-11H2,1H3,(H,18,19)/t12-,14-,15-/m1/s1. The number of fused-ring (bicyclic) bond motifs is 2. The van der Waals surface area contributed by atoms with Gasteiger partial charge in [0.1, 0.15) is 0 Å². The van der Waals surface area contributed by atoms with Gasteiger partial charge in [-0.15, -0.1) is 0 Å². The predicted molar refractivity (Wildman–Crippen MR) is 78.0 cm³/mol. The summed E-state index contributed by atoms with van der Waals surface area (Å²) in [5.41, 5.74) is 2.22. The maximum atomic E-state index is 12.2. The molecule has 3 rings (SSSR count). The molecule has 3 atom stereocenters. The van der Waals surface area contributed by atoms with Crippen LogP contribution in [-0.4, -0.2) is 5.91 Å². The van der Waals surface area contributed by atoms with E-state index in [-0.39, 0.29) is 5.91 Å². The first kappa shape index (κ1) is 12.7. The SMILES string of the molecule is CCc1ccccc1NC(=O)C[C@H]1C[C@@H]2CC[C@@H]1C2. The molecule has 0 saturated heterocycles. The molecule has 2 bridgehead atoms. The van der Waals surface area contributed by atoms with Gasteiger partial charge in [-0.25, -0.2) is 0 Å². The van der Waals surface area contributed by atoms with Crippen molar-refractivity contribution in [1.29, 1.82) is 0 Å². The topological polar surface area (TPSA) is 29.1 Å². The lowest BCUT2D eigenvalue weighted by Gasteiger charge is -2.21. The number of para-hydroxylation sites is 1. The fraction of sp³-hybridized carbons (Fsp3) is 0.588. The Labute approximate surface area is 115 Å². The highest BCUT2D eigenvalue weighted by molar-refractivity contribution is 5.91. The van der Waals surface area contributed by atoms with Gasteiger partial charge in [0.2, 0.25) is 5.91 Å². The van der Waals surface area contributed by atoms with Crippen LogP contribution in [0.2, 0.25) is 0 Å². The van der Waals surface area contributed by atoms with Crippen LogP contribution in [0.15, 0.2) is 24.3 Å². The Morgan fingerprint density at radius 2 is 2.11 bits per heavy atom. The molecule has 1 aromatic rings. The average molecular weight is 257 g/mol. The first-order chi connectivity index (χ1) is 9.26. The minimum atomic E-state index is 0.207. The lowest BCUT2D eigenvalue weighted by molar-refractivity contribution is -0.117. The molecular formula is C17H23NO. The van der Waals surface area contributed by atoms with Gasteiger partial charge in [-0.1, -0.05) is 31.5 Å². The number of carbonyl (C=O) groups excluding carboxylic acids is 1. The average Bonchev–Trinajstić information content (AvgIpc) is 3.01. The smallest absolute Gasteiger partial charge is 0.224 e. The first-order valence-electron chi connectivity index (χ1n) is 7.64. The van der Waals surface area contributed by atoms with E-state index in [1.54, 1.807) is 0 Å². The van der Waals surface area contributed by atoms with Crippen LogP contribution in [0.3, 0.4) is 0 Å². The maximum Gasteiger partial charge on any atom is 0.224 e. The minimum absolute atomic E-state index is 0.207. The Balaban J connectivity index is 1.59. The zero-order valence-corrected chi connectivity index (χ0v) is 11.7. The lowest BCUT2D eigenvalue weighted by Crippen LogP contribution is -2.20. The number of nitrogens with one attached hydrogen (secondary N) is 1. The van der Waals surface area contributed by atoms with Crippen molar-refractivity contribution in [3.05, 3.63) is 29.8 Å². The fourth-order valence-electron chi connectivity index (χ4n) is 4.02. The van der Waals surface area contributed by atoms with Gasteiger partial charge in [-0.05, 0) is 55.1 Å². The van der Waals surface area contributed by atoms with Crippen molar-refractivity contribution in [2.45, 2.75) is 45.4 Å². The van der Waals surface area contributed by atoms with Gasteiger partial charge < -0.3 is 5.32 Å². The number of carbonyl (C=O) groups is 1. The van der Waals surface area contributed by atoms with Crippen molar-refractivity contribution >= 4 is 11.6 Å². The minimum Gasteiger partial charge on any atom is -0.326 e. The molecule has 1 amide bonds. The lowest BCUT2D eigenvalue weighted by atomic mass is 9.86. The van der Waals surface area contributed by atoms with Gasteiger partial charge in [0, 0.05) is 12.1 Å². The highest BCUT2D eigenvalue weighted by Gasteiger charge is 2.40. The molecule has 0 radical (unpaired) electrons. The van der Waals surface area contributed by atoms with E-state index < -0.39 is 0 Å². The van der Waals surface area contributed by atoms with Gasteiger partial charge in [0.05, 0.1) is 0 Å². The maximum absolute atomic E-state index is 12.2. The second kappa shape index (κ2) is 5.36. The number of benzene rings is 1. The van der Waals surface area contributed by atoms with Gasteiger partial charge >= 0.3 is 0 Å². The molecule has 0 heterocycles. The van der Waals surface area contributed by atoms with Crippen LogP contribution >= 0.6 is 0 Å². The van der Waals surface area contributed by atoms with Crippen LogP contribution in [0.4, 0.5) is 5.69 Å². The quantitative estimate of drug-likeness (QED) is 0.867. The van der Waals surface area contributed by atoms with E-state index in [9.17, 15) is 4.79 Å². The number of hydrogen-bond donors (Lipinski definition) is 1. The number of rotatable bonds is 4. The highest BCUT2D eigenvalue weighted by atomic mass is 16.1. The van der Waals surface area contributed by atoms with Crippen LogP contribution in [0, 0.1) is 17.8 Å². The zero-order chi connectivity index (χ0) is 13.2. The van der Waals surface area contributed by atoms with Gasteiger partial charge in [-0.2, -0.15) is 0 Å². The highest BCUT2D eigenvalue weighted by Crippen LogP contribution is 2.49. The van der Waals surface area contributed by atoms with Gasteiger partial charge in [0.15, 0.2) is 0 Å². The Morgan fingerprint density at radius 3 is 2.79 bits per heavy atom. The fourth-order valence-corrected chi connectivity index (χ4v) is 4.02. The van der Waals surface area contributed by atoms with Crippen molar-refractivity contribution in [3.63, 3.8) is 0 Å². The molecule has 0 aromatic heterocycles. The van der Waals surface area contributed by atoms with Crippen molar-refractivity contribution < 1.29 is 4.79 Å². The molecule has 1 N–H and O–H groups in total. The molecule has 2 heteroatoms.